The van der Waals surface area contributed by atoms with E-state index >= 15 is 0 Å². The van der Waals surface area contributed by atoms with E-state index in [0.717, 1.165) is 23.1 Å². The molecule has 2 aromatic rings. The summed E-state index contributed by atoms with van der Waals surface area (Å²) in [5.74, 6) is -0.393. The van der Waals surface area contributed by atoms with Crippen LogP contribution in [0.25, 0.3) is 10.2 Å². The van der Waals surface area contributed by atoms with E-state index < -0.39 is 5.97 Å². The van der Waals surface area contributed by atoms with Crippen LogP contribution in [-0.2, 0) is 17.6 Å². The van der Waals surface area contributed by atoms with Crippen molar-refractivity contribution in [3.63, 3.8) is 0 Å². The first-order valence-electron chi connectivity index (χ1n) is 5.72. The molecule has 17 heavy (non-hydrogen) atoms. The Bertz CT molecular complexity index is 597. The highest BCUT2D eigenvalue weighted by molar-refractivity contribution is 7.19. The van der Waals surface area contributed by atoms with Crippen LogP contribution in [0.15, 0.2) is 0 Å². The predicted molar refractivity (Wildman–Crippen MR) is 68.6 cm³/mol. The van der Waals surface area contributed by atoms with Gasteiger partial charge in [-0.25, -0.2) is 4.79 Å². The summed E-state index contributed by atoms with van der Waals surface area (Å²) in [4.78, 5) is 17.1. The predicted octanol–water partition coefficient (Wildman–Crippen LogP) is 2.48. The molecule has 5 heteroatoms. The van der Waals surface area contributed by atoms with E-state index in [9.17, 15) is 4.79 Å². The summed E-state index contributed by atoms with van der Waals surface area (Å²) in [6.45, 7) is 0. The molecule has 0 aliphatic heterocycles. The lowest BCUT2D eigenvalue weighted by Crippen LogP contribution is -2.05. The van der Waals surface area contributed by atoms with Crippen LogP contribution in [0.3, 0.4) is 0 Å². The molecule has 2 heterocycles. The number of hydrogen-bond donors (Lipinski definition) is 2. The molecule has 0 saturated carbocycles. The molecule has 0 fully saturated rings. The third-order valence-corrected chi connectivity index (χ3v) is 4.55. The third-order valence-electron chi connectivity index (χ3n) is 3.34. The van der Waals surface area contributed by atoms with Gasteiger partial charge < -0.3 is 15.5 Å². The van der Waals surface area contributed by atoms with Gasteiger partial charge in [0.2, 0.25) is 0 Å². The van der Waals surface area contributed by atoms with E-state index in [2.05, 4.69) is 4.98 Å². The first-order valence-corrected chi connectivity index (χ1v) is 6.54. The van der Waals surface area contributed by atoms with Crippen LogP contribution in [0.5, 0.6) is 0 Å². The molecule has 0 bridgehead atoms. The number of nitrogen functional groups attached to an aromatic ring is 1. The number of aromatic amines is 1. The van der Waals surface area contributed by atoms with Gasteiger partial charge in [0.05, 0.1) is 12.8 Å². The van der Waals surface area contributed by atoms with Crippen molar-refractivity contribution in [2.45, 2.75) is 25.7 Å². The number of anilines is 1. The largest absolute Gasteiger partial charge is 0.464 e. The molecule has 3 N–H and O–H groups in total. The Labute approximate surface area is 103 Å². The number of carbonyl (C=O) groups excluding carboxylic acids is 1. The van der Waals surface area contributed by atoms with Gasteiger partial charge in [0.25, 0.3) is 0 Å². The van der Waals surface area contributed by atoms with E-state index in [1.807, 2.05) is 0 Å². The fraction of sp³-hybridized carbons (Fsp3) is 0.417. The molecule has 0 amide bonds. The minimum absolute atomic E-state index is 0.391. The first kappa shape index (κ1) is 10.7. The second-order valence-corrected chi connectivity index (χ2v) is 5.43. The van der Waals surface area contributed by atoms with Crippen LogP contribution in [-0.4, -0.2) is 18.1 Å². The highest BCUT2D eigenvalue weighted by Crippen LogP contribution is 2.40. The fourth-order valence-electron chi connectivity index (χ4n) is 2.51. The Kier molecular flexibility index (Phi) is 2.36. The summed E-state index contributed by atoms with van der Waals surface area (Å²) in [6, 6.07) is 0. The van der Waals surface area contributed by atoms with Crippen LogP contribution < -0.4 is 5.73 Å². The summed E-state index contributed by atoms with van der Waals surface area (Å²) in [6.07, 6.45) is 4.66. The van der Waals surface area contributed by atoms with E-state index in [1.165, 1.54) is 30.4 Å². The van der Waals surface area contributed by atoms with E-state index in [4.69, 9.17) is 10.5 Å². The smallest absolute Gasteiger partial charge is 0.356 e. The summed E-state index contributed by atoms with van der Waals surface area (Å²) in [5, 5.41) is 1.05. The molecular formula is C12H14N2O2S. The summed E-state index contributed by atoms with van der Waals surface area (Å²) in [7, 11) is 1.37. The van der Waals surface area contributed by atoms with Crippen molar-refractivity contribution in [3.05, 3.63) is 16.1 Å². The van der Waals surface area contributed by atoms with Crippen molar-refractivity contribution >= 4 is 33.2 Å². The topological polar surface area (TPSA) is 68.1 Å². The van der Waals surface area contributed by atoms with Crippen LogP contribution in [0.1, 0.15) is 33.8 Å². The van der Waals surface area contributed by atoms with Gasteiger partial charge in [-0.1, -0.05) is 0 Å². The zero-order valence-corrected chi connectivity index (χ0v) is 10.4. The third kappa shape index (κ3) is 1.45. The average Bonchev–Trinajstić information content (AvgIpc) is 2.85. The Hall–Kier alpha value is -1.49. The summed E-state index contributed by atoms with van der Waals surface area (Å²) >= 11 is 1.72. The normalized spacial score (nSPS) is 14.9. The SMILES string of the molecule is COC(=O)c1[nH]c2sc3c(c2c1N)CCCC3. The summed E-state index contributed by atoms with van der Waals surface area (Å²) < 4.78 is 4.71. The standard InChI is InChI=1S/C12H14N2O2S/c1-16-12(15)10-9(13)8-6-4-2-3-5-7(6)17-11(8)14-10/h14H,2-5,13H2,1H3. The Balaban J connectivity index is 2.22. The molecule has 0 unspecified atom stereocenters. The number of aryl methyl sites for hydroxylation is 2. The van der Waals surface area contributed by atoms with Crippen LogP contribution in [0.4, 0.5) is 5.69 Å². The molecule has 0 radical (unpaired) electrons. The van der Waals surface area contributed by atoms with Crippen molar-refractivity contribution < 1.29 is 9.53 Å². The highest BCUT2D eigenvalue weighted by atomic mass is 32.1. The van der Waals surface area contributed by atoms with Crippen LogP contribution in [0.2, 0.25) is 0 Å². The number of esters is 1. The molecule has 1 aliphatic carbocycles. The molecule has 1 aliphatic rings. The lowest BCUT2D eigenvalue weighted by atomic mass is 9.97. The van der Waals surface area contributed by atoms with Crippen molar-refractivity contribution in [1.29, 1.82) is 0 Å². The van der Waals surface area contributed by atoms with Gasteiger partial charge in [-0.2, -0.15) is 0 Å². The Morgan fingerprint density at radius 3 is 2.94 bits per heavy atom. The van der Waals surface area contributed by atoms with Crippen molar-refractivity contribution in [1.82, 2.24) is 4.98 Å². The fourth-order valence-corrected chi connectivity index (χ4v) is 3.82. The molecule has 90 valence electrons. The van der Waals surface area contributed by atoms with Gasteiger partial charge in [0, 0.05) is 10.3 Å². The molecule has 3 rings (SSSR count). The maximum absolute atomic E-state index is 11.5. The zero-order chi connectivity index (χ0) is 12.0. The molecule has 0 aromatic carbocycles. The van der Waals surface area contributed by atoms with Gasteiger partial charge in [0.15, 0.2) is 0 Å². The highest BCUT2D eigenvalue weighted by Gasteiger charge is 2.23. The number of fused-ring (bicyclic) bond motifs is 3. The summed E-state index contributed by atoms with van der Waals surface area (Å²) in [5.41, 5.74) is 8.33. The minimum Gasteiger partial charge on any atom is -0.464 e. The first-order chi connectivity index (χ1) is 8.22. The van der Waals surface area contributed by atoms with Crippen molar-refractivity contribution in [2.75, 3.05) is 12.8 Å². The van der Waals surface area contributed by atoms with E-state index in [0.29, 0.717) is 11.4 Å². The minimum atomic E-state index is -0.393. The maximum atomic E-state index is 11.5. The number of nitrogens with two attached hydrogens (primary N) is 1. The number of thiophene rings is 1. The molecule has 4 nitrogen and oxygen atoms in total. The number of H-pyrrole nitrogens is 1. The number of rotatable bonds is 1. The number of methoxy groups -OCH3 is 1. The average molecular weight is 250 g/mol. The molecule has 2 aromatic heterocycles. The van der Waals surface area contributed by atoms with E-state index in [1.54, 1.807) is 11.3 Å². The maximum Gasteiger partial charge on any atom is 0.356 e. The van der Waals surface area contributed by atoms with Crippen molar-refractivity contribution in [2.24, 2.45) is 0 Å². The van der Waals surface area contributed by atoms with E-state index in [-0.39, 0.29) is 0 Å². The van der Waals surface area contributed by atoms with Gasteiger partial charge >= 0.3 is 5.97 Å². The Morgan fingerprint density at radius 2 is 2.18 bits per heavy atom. The number of ether oxygens (including phenoxy) is 1. The number of carbonyl (C=O) groups is 1. The van der Waals surface area contributed by atoms with Gasteiger partial charge in [-0.3, -0.25) is 0 Å². The molecule has 0 atom stereocenters. The van der Waals surface area contributed by atoms with Gasteiger partial charge in [-0.15, -0.1) is 11.3 Å². The number of aromatic nitrogens is 1. The molecule has 0 saturated heterocycles. The monoisotopic (exact) mass is 250 g/mol. The number of hydrogen-bond acceptors (Lipinski definition) is 4. The molecular weight excluding hydrogens is 236 g/mol. The Morgan fingerprint density at radius 1 is 1.41 bits per heavy atom. The lowest BCUT2D eigenvalue weighted by Gasteiger charge is -2.10. The quantitative estimate of drug-likeness (QED) is 0.764. The van der Waals surface area contributed by atoms with Gasteiger partial charge in [0.1, 0.15) is 10.5 Å². The van der Waals surface area contributed by atoms with Crippen molar-refractivity contribution in [3.8, 4) is 0 Å². The van der Waals surface area contributed by atoms with Crippen LogP contribution >= 0.6 is 11.3 Å². The zero-order valence-electron chi connectivity index (χ0n) is 9.63. The van der Waals surface area contributed by atoms with Crippen LogP contribution in [0, 0.1) is 0 Å². The lowest BCUT2D eigenvalue weighted by molar-refractivity contribution is 0.0596. The number of nitrogens with one attached hydrogen (secondary N) is 1. The van der Waals surface area contributed by atoms with Gasteiger partial charge in [-0.05, 0) is 31.2 Å². The second-order valence-electron chi connectivity index (χ2n) is 4.32. The molecule has 0 spiro atoms. The second kappa shape index (κ2) is 3.77.